The number of ether oxygens (including phenoxy) is 1. The maximum absolute atomic E-state index is 12.7. The molecule has 2 aromatic rings. The second-order valence-electron chi connectivity index (χ2n) is 8.48. The van der Waals surface area contributed by atoms with E-state index in [1.54, 1.807) is 0 Å². The minimum atomic E-state index is -0.199. The van der Waals surface area contributed by atoms with Crippen molar-refractivity contribution in [3.63, 3.8) is 0 Å². The fraction of sp³-hybridized carbons (Fsp3) is 0.478. The Bertz CT molecular complexity index is 890. The van der Waals surface area contributed by atoms with Crippen LogP contribution in [-0.2, 0) is 4.74 Å². The van der Waals surface area contributed by atoms with E-state index in [1.165, 1.54) is 0 Å². The summed E-state index contributed by atoms with van der Waals surface area (Å²) in [5, 5.41) is 5.27. The topological polar surface area (TPSA) is 61.9 Å². The summed E-state index contributed by atoms with van der Waals surface area (Å²) < 4.78 is 5.31. The molecule has 2 fully saturated rings. The first-order valence-electron chi connectivity index (χ1n) is 10.5. The van der Waals surface area contributed by atoms with Crippen LogP contribution in [0.4, 0.5) is 15.3 Å². The van der Waals surface area contributed by atoms with Gasteiger partial charge in [-0.1, -0.05) is 44.2 Å². The Morgan fingerprint density at radius 3 is 2.59 bits per heavy atom. The van der Waals surface area contributed by atoms with E-state index in [0.29, 0.717) is 25.6 Å². The number of benzene rings is 2. The molecule has 6 heteroatoms. The van der Waals surface area contributed by atoms with Crippen molar-refractivity contribution in [1.82, 2.24) is 9.80 Å². The Hall–Kier alpha value is -2.76. The summed E-state index contributed by atoms with van der Waals surface area (Å²) in [6, 6.07) is 14.3. The Labute approximate surface area is 171 Å². The van der Waals surface area contributed by atoms with Crippen LogP contribution in [0.5, 0.6) is 0 Å². The lowest BCUT2D eigenvalue weighted by atomic mass is 9.98. The van der Waals surface area contributed by atoms with Crippen molar-refractivity contribution in [1.29, 1.82) is 0 Å². The third-order valence-corrected chi connectivity index (χ3v) is 5.89. The second kappa shape index (κ2) is 8.31. The first-order chi connectivity index (χ1) is 14.0. The Balaban J connectivity index is 1.35. The maximum atomic E-state index is 12.7. The van der Waals surface area contributed by atoms with Crippen LogP contribution in [0, 0.1) is 5.92 Å². The molecule has 4 rings (SSSR count). The summed E-state index contributed by atoms with van der Waals surface area (Å²) in [6.45, 7) is 6.10. The molecule has 6 nitrogen and oxygen atoms in total. The van der Waals surface area contributed by atoms with Crippen molar-refractivity contribution < 1.29 is 14.3 Å². The van der Waals surface area contributed by atoms with Gasteiger partial charge in [-0.2, -0.15) is 0 Å². The SMILES string of the molecule is CC(C)C[C@H]1COC(=O)N1C1CCN(C(=O)Nc2ccc3ccccc3c2)CC1. The molecule has 0 bridgehead atoms. The number of nitrogens with zero attached hydrogens (tertiary/aromatic N) is 2. The number of anilines is 1. The number of piperidine rings is 1. The fourth-order valence-corrected chi connectivity index (χ4v) is 4.46. The molecule has 2 aliphatic heterocycles. The quantitative estimate of drug-likeness (QED) is 0.816. The molecule has 2 aliphatic rings. The van der Waals surface area contributed by atoms with Gasteiger partial charge < -0.3 is 15.0 Å². The van der Waals surface area contributed by atoms with Crippen LogP contribution in [0.3, 0.4) is 0 Å². The van der Waals surface area contributed by atoms with E-state index in [-0.39, 0.29) is 24.2 Å². The number of amides is 3. The Morgan fingerprint density at radius 2 is 1.86 bits per heavy atom. The maximum Gasteiger partial charge on any atom is 0.410 e. The normalized spacial score (nSPS) is 20.4. The van der Waals surface area contributed by atoms with E-state index in [9.17, 15) is 9.59 Å². The van der Waals surface area contributed by atoms with Gasteiger partial charge in [-0.05, 0) is 48.1 Å². The number of likely N-dealkylation sites (tertiary alicyclic amines) is 1. The molecule has 0 spiro atoms. The van der Waals surface area contributed by atoms with Crippen LogP contribution < -0.4 is 5.32 Å². The zero-order chi connectivity index (χ0) is 20.4. The highest BCUT2D eigenvalue weighted by atomic mass is 16.6. The van der Waals surface area contributed by atoms with Crippen molar-refractivity contribution in [2.75, 3.05) is 25.0 Å². The fourth-order valence-electron chi connectivity index (χ4n) is 4.46. The van der Waals surface area contributed by atoms with E-state index in [1.807, 2.05) is 46.2 Å². The number of urea groups is 1. The summed E-state index contributed by atoms with van der Waals surface area (Å²) in [6.07, 6.45) is 2.33. The number of carbonyl (C=O) groups is 2. The lowest BCUT2D eigenvalue weighted by Crippen LogP contribution is -2.50. The predicted molar refractivity (Wildman–Crippen MR) is 114 cm³/mol. The van der Waals surface area contributed by atoms with Gasteiger partial charge in [-0.25, -0.2) is 9.59 Å². The molecule has 1 N–H and O–H groups in total. The summed E-state index contributed by atoms with van der Waals surface area (Å²) >= 11 is 0. The van der Waals surface area contributed by atoms with Gasteiger partial charge in [0.2, 0.25) is 0 Å². The molecule has 154 valence electrons. The van der Waals surface area contributed by atoms with Crippen LogP contribution in [0.15, 0.2) is 42.5 Å². The molecule has 2 saturated heterocycles. The number of cyclic esters (lactones) is 1. The molecule has 29 heavy (non-hydrogen) atoms. The average molecular weight is 396 g/mol. The van der Waals surface area contributed by atoms with Crippen molar-refractivity contribution in [3.05, 3.63) is 42.5 Å². The first-order valence-corrected chi connectivity index (χ1v) is 10.5. The summed E-state index contributed by atoms with van der Waals surface area (Å²) in [7, 11) is 0. The minimum Gasteiger partial charge on any atom is -0.447 e. The van der Waals surface area contributed by atoms with Gasteiger partial charge in [0.25, 0.3) is 0 Å². The number of rotatable bonds is 4. The lowest BCUT2D eigenvalue weighted by Gasteiger charge is -2.38. The highest BCUT2D eigenvalue weighted by molar-refractivity contribution is 5.93. The minimum absolute atomic E-state index is 0.0820. The van der Waals surface area contributed by atoms with E-state index < -0.39 is 0 Å². The van der Waals surface area contributed by atoms with Crippen molar-refractivity contribution in [2.45, 2.75) is 45.2 Å². The van der Waals surface area contributed by atoms with Crippen LogP contribution >= 0.6 is 0 Å². The molecule has 0 radical (unpaired) electrons. The smallest absolute Gasteiger partial charge is 0.410 e. The van der Waals surface area contributed by atoms with E-state index in [4.69, 9.17) is 4.74 Å². The number of carbonyl (C=O) groups excluding carboxylic acids is 2. The molecule has 0 unspecified atom stereocenters. The Kier molecular flexibility index (Phi) is 5.60. The Morgan fingerprint density at radius 1 is 1.14 bits per heavy atom. The number of fused-ring (bicyclic) bond motifs is 1. The average Bonchev–Trinajstić information content (AvgIpc) is 3.07. The van der Waals surface area contributed by atoms with Gasteiger partial charge in [0.15, 0.2) is 0 Å². The summed E-state index contributed by atoms with van der Waals surface area (Å²) in [4.78, 5) is 28.7. The molecular weight excluding hydrogens is 366 g/mol. The van der Waals surface area contributed by atoms with E-state index in [0.717, 1.165) is 35.7 Å². The van der Waals surface area contributed by atoms with E-state index in [2.05, 4.69) is 25.2 Å². The zero-order valence-corrected chi connectivity index (χ0v) is 17.1. The standard InChI is InChI=1S/C23H29N3O3/c1-16(2)13-21-15-29-23(28)26(21)20-9-11-25(12-10-20)22(27)24-19-8-7-17-5-3-4-6-18(17)14-19/h3-8,14,16,20-21H,9-13,15H2,1-2H3,(H,24,27)/t21-/m0/s1. The van der Waals surface area contributed by atoms with Gasteiger partial charge in [0.05, 0.1) is 6.04 Å². The molecular formula is C23H29N3O3. The molecule has 0 aromatic heterocycles. The summed E-state index contributed by atoms with van der Waals surface area (Å²) in [5.41, 5.74) is 0.802. The van der Waals surface area contributed by atoms with Gasteiger partial charge in [0.1, 0.15) is 6.61 Å². The number of hydrogen-bond donors (Lipinski definition) is 1. The molecule has 1 atom stereocenters. The van der Waals surface area contributed by atoms with Crippen molar-refractivity contribution in [3.8, 4) is 0 Å². The number of hydrogen-bond acceptors (Lipinski definition) is 3. The molecule has 2 heterocycles. The van der Waals surface area contributed by atoms with Crippen LogP contribution in [0.25, 0.3) is 10.8 Å². The third kappa shape index (κ3) is 4.31. The van der Waals surface area contributed by atoms with Gasteiger partial charge in [-0.3, -0.25) is 4.90 Å². The van der Waals surface area contributed by atoms with Crippen molar-refractivity contribution in [2.24, 2.45) is 5.92 Å². The molecule has 3 amide bonds. The third-order valence-electron chi connectivity index (χ3n) is 5.89. The molecule has 0 aliphatic carbocycles. The predicted octanol–water partition coefficient (Wildman–Crippen LogP) is 4.70. The lowest BCUT2D eigenvalue weighted by molar-refractivity contribution is 0.112. The first kappa shape index (κ1) is 19.6. The van der Waals surface area contributed by atoms with Crippen LogP contribution in [0.2, 0.25) is 0 Å². The molecule has 2 aromatic carbocycles. The van der Waals surface area contributed by atoms with Gasteiger partial charge in [0, 0.05) is 24.8 Å². The van der Waals surface area contributed by atoms with Crippen LogP contribution in [-0.4, -0.2) is 53.7 Å². The van der Waals surface area contributed by atoms with Gasteiger partial charge in [-0.15, -0.1) is 0 Å². The summed E-state index contributed by atoms with van der Waals surface area (Å²) in [5.74, 6) is 0.518. The van der Waals surface area contributed by atoms with Crippen LogP contribution in [0.1, 0.15) is 33.1 Å². The monoisotopic (exact) mass is 395 g/mol. The van der Waals surface area contributed by atoms with Crippen molar-refractivity contribution >= 4 is 28.6 Å². The molecule has 0 saturated carbocycles. The highest BCUT2D eigenvalue weighted by Crippen LogP contribution is 2.27. The highest BCUT2D eigenvalue weighted by Gasteiger charge is 2.39. The second-order valence-corrected chi connectivity index (χ2v) is 8.48. The zero-order valence-electron chi connectivity index (χ0n) is 17.1. The van der Waals surface area contributed by atoms with Gasteiger partial charge >= 0.3 is 12.1 Å². The number of nitrogens with one attached hydrogen (secondary N) is 1. The van der Waals surface area contributed by atoms with E-state index >= 15 is 0 Å². The largest absolute Gasteiger partial charge is 0.447 e.